The van der Waals surface area contributed by atoms with Crippen molar-refractivity contribution in [1.29, 1.82) is 0 Å². The Morgan fingerprint density at radius 1 is 1.18 bits per heavy atom. The molecule has 0 saturated carbocycles. The summed E-state index contributed by atoms with van der Waals surface area (Å²) in [4.78, 5) is 11.1. The Kier molecular flexibility index (Phi) is 6.13. The number of rotatable bonds is 9. The maximum atomic E-state index is 11.1. The van der Waals surface area contributed by atoms with E-state index in [0.717, 1.165) is 24.0 Å². The van der Waals surface area contributed by atoms with Crippen LogP contribution in [-0.2, 0) is 13.0 Å². The van der Waals surface area contributed by atoms with Crippen LogP contribution in [0.15, 0.2) is 43.0 Å². The highest BCUT2D eigenvalue weighted by Crippen LogP contribution is 2.20. The number of aldehydes is 1. The minimum absolute atomic E-state index is 0.545. The molecule has 1 aromatic heterocycles. The number of nitrogens with zero attached hydrogens (tertiary/aromatic N) is 2. The van der Waals surface area contributed by atoms with Gasteiger partial charge in [0, 0.05) is 5.56 Å². The maximum absolute atomic E-state index is 11.1. The van der Waals surface area contributed by atoms with E-state index in [4.69, 9.17) is 0 Å². The first kappa shape index (κ1) is 16.2. The number of carbonyl (C=O) groups excluding carboxylic acids is 1. The van der Waals surface area contributed by atoms with Gasteiger partial charge in [0.15, 0.2) is 6.29 Å². The van der Waals surface area contributed by atoms with E-state index < -0.39 is 0 Å². The maximum Gasteiger partial charge on any atom is 0.168 e. The fourth-order valence-electron chi connectivity index (χ4n) is 2.53. The van der Waals surface area contributed by atoms with Gasteiger partial charge in [-0.2, -0.15) is 5.10 Å². The lowest BCUT2D eigenvalue weighted by Crippen LogP contribution is -2.01. The third-order valence-corrected chi connectivity index (χ3v) is 3.80. The molecule has 0 aliphatic rings. The van der Waals surface area contributed by atoms with E-state index >= 15 is 0 Å². The van der Waals surface area contributed by atoms with E-state index in [1.165, 1.54) is 31.2 Å². The fraction of sp³-hybridized carbons (Fsp3) is 0.368. The molecule has 0 radical (unpaired) electrons. The molecule has 0 aliphatic heterocycles. The van der Waals surface area contributed by atoms with E-state index in [0.29, 0.717) is 12.2 Å². The number of hydrogen-bond donors (Lipinski definition) is 0. The first-order valence-electron chi connectivity index (χ1n) is 8.01. The number of hydrogen-bond acceptors (Lipinski definition) is 2. The normalized spacial score (nSPS) is 10.6. The van der Waals surface area contributed by atoms with Gasteiger partial charge >= 0.3 is 0 Å². The van der Waals surface area contributed by atoms with Gasteiger partial charge in [0.1, 0.15) is 5.69 Å². The van der Waals surface area contributed by atoms with Gasteiger partial charge in [-0.25, -0.2) is 0 Å². The van der Waals surface area contributed by atoms with Gasteiger partial charge in [0.25, 0.3) is 0 Å². The molecule has 1 aromatic carbocycles. The number of aryl methyl sites for hydroxylation is 1. The molecule has 0 fully saturated rings. The minimum Gasteiger partial charge on any atom is -0.296 e. The van der Waals surface area contributed by atoms with Crippen molar-refractivity contribution < 1.29 is 4.79 Å². The van der Waals surface area contributed by atoms with Crippen molar-refractivity contribution in [3.63, 3.8) is 0 Å². The van der Waals surface area contributed by atoms with Crippen LogP contribution in [-0.4, -0.2) is 16.1 Å². The van der Waals surface area contributed by atoms with E-state index in [1.54, 1.807) is 10.8 Å². The second-order valence-corrected chi connectivity index (χ2v) is 5.55. The molecule has 2 aromatic rings. The van der Waals surface area contributed by atoms with E-state index in [-0.39, 0.29) is 0 Å². The van der Waals surface area contributed by atoms with Crippen molar-refractivity contribution in [3.05, 3.63) is 54.2 Å². The largest absolute Gasteiger partial charge is 0.296 e. The number of unbranched alkanes of at least 4 members (excludes halogenated alkanes) is 3. The highest BCUT2D eigenvalue weighted by Gasteiger charge is 2.08. The lowest BCUT2D eigenvalue weighted by Gasteiger charge is -2.03. The summed E-state index contributed by atoms with van der Waals surface area (Å²) in [6, 6.07) is 10.3. The van der Waals surface area contributed by atoms with Crippen molar-refractivity contribution in [2.24, 2.45) is 0 Å². The Bertz CT molecular complexity index is 611. The number of allylic oxidation sites excluding steroid dienone is 1. The molecule has 0 N–H and O–H groups in total. The average molecular weight is 296 g/mol. The minimum atomic E-state index is 0.545. The van der Waals surface area contributed by atoms with E-state index in [9.17, 15) is 4.79 Å². The highest BCUT2D eigenvalue weighted by molar-refractivity contribution is 5.75. The van der Waals surface area contributed by atoms with Crippen LogP contribution in [0.2, 0.25) is 0 Å². The number of aromatic nitrogens is 2. The molecular formula is C19H24N2O. The molecule has 2 rings (SSSR count). The van der Waals surface area contributed by atoms with Gasteiger partial charge in [-0.1, -0.05) is 56.5 Å². The van der Waals surface area contributed by atoms with Crippen LogP contribution in [0.4, 0.5) is 0 Å². The van der Waals surface area contributed by atoms with Crippen LogP contribution in [0.25, 0.3) is 11.3 Å². The first-order chi connectivity index (χ1) is 10.8. The molecule has 1 heterocycles. The Balaban J connectivity index is 2.06. The van der Waals surface area contributed by atoms with Crippen LogP contribution in [0, 0.1) is 0 Å². The molecule has 0 unspecified atom stereocenters. The highest BCUT2D eigenvalue weighted by atomic mass is 16.1. The molecular weight excluding hydrogens is 272 g/mol. The lowest BCUT2D eigenvalue weighted by molar-refractivity contribution is 0.111. The summed E-state index contributed by atoms with van der Waals surface area (Å²) in [5.41, 5.74) is 3.82. The summed E-state index contributed by atoms with van der Waals surface area (Å²) in [5, 5.41) is 4.47. The second kappa shape index (κ2) is 8.32. The predicted octanol–water partition coefficient (Wildman–Crippen LogP) is 4.67. The zero-order valence-corrected chi connectivity index (χ0v) is 13.3. The summed E-state index contributed by atoms with van der Waals surface area (Å²) in [5.74, 6) is 0. The average Bonchev–Trinajstić information content (AvgIpc) is 2.96. The summed E-state index contributed by atoms with van der Waals surface area (Å²) in [6.45, 7) is 6.47. The third kappa shape index (κ3) is 4.17. The summed E-state index contributed by atoms with van der Waals surface area (Å²) >= 11 is 0. The molecule has 0 spiro atoms. The van der Waals surface area contributed by atoms with Gasteiger partial charge in [0.2, 0.25) is 0 Å². The van der Waals surface area contributed by atoms with E-state index in [2.05, 4.69) is 42.9 Å². The Morgan fingerprint density at radius 3 is 2.59 bits per heavy atom. The molecule has 0 aliphatic carbocycles. The van der Waals surface area contributed by atoms with Gasteiger partial charge < -0.3 is 0 Å². The fourth-order valence-corrected chi connectivity index (χ4v) is 2.53. The van der Waals surface area contributed by atoms with Crippen molar-refractivity contribution in [1.82, 2.24) is 9.78 Å². The molecule has 0 bridgehead atoms. The molecule has 22 heavy (non-hydrogen) atoms. The topological polar surface area (TPSA) is 34.9 Å². The van der Waals surface area contributed by atoms with Gasteiger partial charge in [-0.05, 0) is 24.5 Å². The number of benzene rings is 1. The van der Waals surface area contributed by atoms with Crippen molar-refractivity contribution in [2.45, 2.75) is 45.6 Å². The predicted molar refractivity (Wildman–Crippen MR) is 91.1 cm³/mol. The van der Waals surface area contributed by atoms with Crippen LogP contribution >= 0.6 is 0 Å². The van der Waals surface area contributed by atoms with Crippen LogP contribution < -0.4 is 0 Å². The SMILES string of the molecule is C=CCn1nc(-c2ccc(CCCCCC)cc2)cc1C=O. The van der Waals surface area contributed by atoms with Crippen LogP contribution in [0.1, 0.15) is 48.7 Å². The van der Waals surface area contributed by atoms with Crippen molar-refractivity contribution >= 4 is 6.29 Å². The van der Waals surface area contributed by atoms with Gasteiger partial charge in [-0.3, -0.25) is 9.48 Å². The number of carbonyl (C=O) groups is 1. The third-order valence-electron chi connectivity index (χ3n) is 3.80. The van der Waals surface area contributed by atoms with Crippen LogP contribution in [0.5, 0.6) is 0 Å². The molecule has 0 amide bonds. The summed E-state index contributed by atoms with van der Waals surface area (Å²) in [6.07, 6.45) is 8.83. The van der Waals surface area contributed by atoms with Gasteiger partial charge in [0.05, 0.1) is 12.2 Å². The summed E-state index contributed by atoms with van der Waals surface area (Å²) < 4.78 is 1.67. The lowest BCUT2D eigenvalue weighted by atomic mass is 10.0. The molecule has 0 saturated heterocycles. The van der Waals surface area contributed by atoms with E-state index in [1.807, 2.05) is 6.07 Å². The van der Waals surface area contributed by atoms with Crippen LogP contribution in [0.3, 0.4) is 0 Å². The van der Waals surface area contributed by atoms with Crippen molar-refractivity contribution in [2.75, 3.05) is 0 Å². The zero-order chi connectivity index (χ0) is 15.8. The Morgan fingerprint density at radius 2 is 1.95 bits per heavy atom. The Hall–Kier alpha value is -2.16. The van der Waals surface area contributed by atoms with Gasteiger partial charge in [-0.15, -0.1) is 6.58 Å². The van der Waals surface area contributed by atoms with Crippen molar-refractivity contribution in [3.8, 4) is 11.3 Å². The first-order valence-corrected chi connectivity index (χ1v) is 8.01. The quantitative estimate of drug-likeness (QED) is 0.383. The second-order valence-electron chi connectivity index (χ2n) is 5.55. The smallest absolute Gasteiger partial charge is 0.168 e. The monoisotopic (exact) mass is 296 g/mol. The molecule has 0 atom stereocenters. The molecule has 116 valence electrons. The summed E-state index contributed by atoms with van der Waals surface area (Å²) in [7, 11) is 0. The molecule has 3 nitrogen and oxygen atoms in total. The Labute approximate surface area is 132 Å². The zero-order valence-electron chi connectivity index (χ0n) is 13.3. The standard InChI is InChI=1S/C19H24N2O/c1-3-5-6-7-8-16-9-11-17(12-10-16)19-14-18(15-22)21(20-19)13-4-2/h4,9-12,14-15H,2-3,5-8,13H2,1H3. The molecule has 3 heteroatoms.